The van der Waals surface area contributed by atoms with Gasteiger partial charge in [-0.1, -0.05) is 30.3 Å². The fourth-order valence-corrected chi connectivity index (χ4v) is 4.11. The van der Waals surface area contributed by atoms with Gasteiger partial charge in [0.25, 0.3) is 0 Å². The van der Waals surface area contributed by atoms with Crippen molar-refractivity contribution in [1.82, 2.24) is 10.2 Å². The number of ether oxygens (including phenoxy) is 2. The SMILES string of the molecule is COc1ccc(OC)c([C@H]2SCCN2C(=O)NCc2ccccc2)c1. The summed E-state index contributed by atoms with van der Waals surface area (Å²) >= 11 is 1.73. The number of carbonyl (C=O) groups is 1. The quantitative estimate of drug-likeness (QED) is 0.886. The molecule has 1 fully saturated rings. The summed E-state index contributed by atoms with van der Waals surface area (Å²) in [5, 5.41) is 2.93. The average Bonchev–Trinajstić information content (AvgIpc) is 3.16. The Hall–Kier alpha value is -2.34. The van der Waals surface area contributed by atoms with Crippen LogP contribution < -0.4 is 14.8 Å². The molecule has 5 nitrogen and oxygen atoms in total. The number of nitrogens with one attached hydrogen (secondary N) is 1. The Morgan fingerprint density at radius 2 is 2.00 bits per heavy atom. The Morgan fingerprint density at radius 3 is 2.72 bits per heavy atom. The highest BCUT2D eigenvalue weighted by molar-refractivity contribution is 7.99. The number of nitrogens with zero attached hydrogens (tertiary/aromatic N) is 1. The highest BCUT2D eigenvalue weighted by Crippen LogP contribution is 2.43. The molecule has 2 aromatic carbocycles. The number of urea groups is 1. The van der Waals surface area contributed by atoms with Gasteiger partial charge in [0.1, 0.15) is 16.9 Å². The first-order valence-corrected chi connectivity index (χ1v) is 9.19. The standard InChI is InChI=1S/C19H22N2O3S/c1-23-15-8-9-17(24-2)16(12-15)18-21(10-11-25-18)19(22)20-13-14-6-4-3-5-7-14/h3-9,12,18H,10-11,13H2,1-2H3,(H,20,22)/t18-/m1/s1. The van der Waals surface area contributed by atoms with Crippen molar-refractivity contribution in [2.24, 2.45) is 0 Å². The zero-order chi connectivity index (χ0) is 17.6. The Bertz CT molecular complexity index is 724. The molecule has 0 radical (unpaired) electrons. The minimum Gasteiger partial charge on any atom is -0.497 e. The molecule has 0 saturated carbocycles. The summed E-state index contributed by atoms with van der Waals surface area (Å²) in [6.45, 7) is 1.22. The predicted octanol–water partition coefficient (Wildman–Crippen LogP) is 3.66. The molecule has 1 heterocycles. The third-order valence-electron chi connectivity index (χ3n) is 4.14. The van der Waals surface area contributed by atoms with Crippen molar-refractivity contribution in [3.8, 4) is 11.5 Å². The molecule has 0 aromatic heterocycles. The van der Waals surface area contributed by atoms with Crippen molar-refractivity contribution in [3.05, 3.63) is 59.7 Å². The maximum atomic E-state index is 12.7. The summed E-state index contributed by atoms with van der Waals surface area (Å²) in [5.74, 6) is 2.41. The van der Waals surface area contributed by atoms with E-state index >= 15 is 0 Å². The molecule has 6 heteroatoms. The summed E-state index contributed by atoms with van der Waals surface area (Å²) in [4.78, 5) is 14.5. The molecule has 0 unspecified atom stereocenters. The van der Waals surface area contributed by atoms with Crippen LogP contribution in [-0.4, -0.2) is 37.4 Å². The number of benzene rings is 2. The Labute approximate surface area is 152 Å². The maximum Gasteiger partial charge on any atom is 0.318 e. The lowest BCUT2D eigenvalue weighted by molar-refractivity contribution is 0.199. The zero-order valence-corrected chi connectivity index (χ0v) is 15.2. The fraction of sp³-hybridized carbons (Fsp3) is 0.316. The molecule has 3 rings (SSSR count). The maximum absolute atomic E-state index is 12.7. The lowest BCUT2D eigenvalue weighted by Gasteiger charge is -2.26. The first-order chi connectivity index (χ1) is 12.2. The van der Waals surface area contributed by atoms with Gasteiger partial charge in [0.15, 0.2) is 0 Å². The van der Waals surface area contributed by atoms with Gasteiger partial charge in [-0.2, -0.15) is 0 Å². The van der Waals surface area contributed by atoms with Crippen molar-refractivity contribution in [2.75, 3.05) is 26.5 Å². The van der Waals surface area contributed by atoms with E-state index in [0.717, 1.165) is 28.4 Å². The van der Waals surface area contributed by atoms with Crippen molar-refractivity contribution in [3.63, 3.8) is 0 Å². The fourth-order valence-electron chi connectivity index (χ4n) is 2.84. The molecule has 1 aliphatic heterocycles. The summed E-state index contributed by atoms with van der Waals surface area (Å²) in [6.07, 6.45) is 0. The minimum atomic E-state index is -0.0826. The summed E-state index contributed by atoms with van der Waals surface area (Å²) < 4.78 is 10.8. The number of carbonyl (C=O) groups excluding carboxylic acids is 1. The molecule has 2 amide bonds. The van der Waals surface area contributed by atoms with Crippen LogP contribution in [0.1, 0.15) is 16.5 Å². The Balaban J connectivity index is 1.75. The molecule has 1 atom stereocenters. The molecule has 1 N–H and O–H groups in total. The highest BCUT2D eigenvalue weighted by Gasteiger charge is 2.32. The van der Waals surface area contributed by atoms with Crippen LogP contribution in [0.3, 0.4) is 0 Å². The minimum absolute atomic E-state index is 0.0660. The van der Waals surface area contributed by atoms with Gasteiger partial charge in [0.05, 0.1) is 14.2 Å². The second kappa shape index (κ2) is 8.16. The van der Waals surface area contributed by atoms with E-state index in [9.17, 15) is 4.79 Å². The van der Waals surface area contributed by atoms with Crippen LogP contribution in [0.2, 0.25) is 0 Å². The van der Waals surface area contributed by atoms with Gasteiger partial charge < -0.3 is 19.7 Å². The third-order valence-corrected chi connectivity index (χ3v) is 5.38. The molecule has 1 saturated heterocycles. The summed E-state index contributed by atoms with van der Waals surface area (Å²) in [7, 11) is 3.28. The van der Waals surface area contributed by atoms with Crippen LogP contribution in [0.15, 0.2) is 48.5 Å². The van der Waals surface area contributed by atoms with Crippen molar-refractivity contribution in [2.45, 2.75) is 11.9 Å². The van der Waals surface area contributed by atoms with Gasteiger partial charge >= 0.3 is 6.03 Å². The van der Waals surface area contributed by atoms with E-state index in [1.807, 2.05) is 53.4 Å². The van der Waals surface area contributed by atoms with Crippen LogP contribution in [0, 0.1) is 0 Å². The van der Waals surface area contributed by atoms with Gasteiger partial charge in [0, 0.05) is 24.4 Å². The average molecular weight is 358 g/mol. The molecule has 132 valence electrons. The van der Waals surface area contributed by atoms with E-state index in [2.05, 4.69) is 5.32 Å². The normalized spacial score (nSPS) is 16.6. The number of rotatable bonds is 5. The Morgan fingerprint density at radius 1 is 1.20 bits per heavy atom. The number of amides is 2. The second-order valence-corrected chi connectivity index (χ2v) is 6.86. The van der Waals surface area contributed by atoms with Crippen molar-refractivity contribution < 1.29 is 14.3 Å². The first-order valence-electron chi connectivity index (χ1n) is 8.15. The number of hydrogen-bond acceptors (Lipinski definition) is 4. The van der Waals surface area contributed by atoms with E-state index in [1.165, 1.54) is 0 Å². The zero-order valence-electron chi connectivity index (χ0n) is 14.4. The van der Waals surface area contributed by atoms with Crippen LogP contribution in [-0.2, 0) is 6.54 Å². The van der Waals surface area contributed by atoms with Crippen molar-refractivity contribution >= 4 is 17.8 Å². The molecule has 0 bridgehead atoms. The number of thioether (sulfide) groups is 1. The van der Waals surface area contributed by atoms with E-state index in [1.54, 1.807) is 26.0 Å². The van der Waals surface area contributed by atoms with Crippen LogP contribution in [0.25, 0.3) is 0 Å². The van der Waals surface area contributed by atoms with E-state index < -0.39 is 0 Å². The third kappa shape index (κ3) is 4.02. The van der Waals surface area contributed by atoms with Gasteiger partial charge in [-0.25, -0.2) is 4.79 Å². The highest BCUT2D eigenvalue weighted by atomic mass is 32.2. The lowest BCUT2D eigenvalue weighted by atomic mass is 10.1. The van der Waals surface area contributed by atoms with Gasteiger partial charge in [-0.05, 0) is 23.8 Å². The number of methoxy groups -OCH3 is 2. The second-order valence-electron chi connectivity index (χ2n) is 5.67. The van der Waals surface area contributed by atoms with E-state index in [0.29, 0.717) is 13.1 Å². The molecule has 2 aromatic rings. The van der Waals surface area contributed by atoms with E-state index in [-0.39, 0.29) is 11.4 Å². The summed E-state index contributed by atoms with van der Waals surface area (Å²) in [5.41, 5.74) is 2.04. The van der Waals surface area contributed by atoms with Crippen LogP contribution in [0.4, 0.5) is 4.79 Å². The molecular formula is C19H22N2O3S. The summed E-state index contributed by atoms with van der Waals surface area (Å²) in [6, 6.07) is 15.5. The van der Waals surface area contributed by atoms with Crippen LogP contribution in [0.5, 0.6) is 11.5 Å². The monoisotopic (exact) mass is 358 g/mol. The number of hydrogen-bond donors (Lipinski definition) is 1. The molecule has 0 spiro atoms. The van der Waals surface area contributed by atoms with Gasteiger partial charge in [0.2, 0.25) is 0 Å². The molecule has 25 heavy (non-hydrogen) atoms. The van der Waals surface area contributed by atoms with Gasteiger partial charge in [-0.15, -0.1) is 11.8 Å². The molecule has 0 aliphatic carbocycles. The molecular weight excluding hydrogens is 336 g/mol. The van der Waals surface area contributed by atoms with Crippen molar-refractivity contribution in [1.29, 1.82) is 0 Å². The molecule has 1 aliphatic rings. The van der Waals surface area contributed by atoms with Crippen LogP contribution >= 0.6 is 11.8 Å². The Kier molecular flexibility index (Phi) is 5.71. The smallest absolute Gasteiger partial charge is 0.318 e. The topological polar surface area (TPSA) is 50.8 Å². The van der Waals surface area contributed by atoms with E-state index in [4.69, 9.17) is 9.47 Å². The largest absolute Gasteiger partial charge is 0.497 e. The van der Waals surface area contributed by atoms with Gasteiger partial charge in [-0.3, -0.25) is 0 Å². The lowest BCUT2D eigenvalue weighted by Crippen LogP contribution is -2.39. The first kappa shape index (κ1) is 17.5. The predicted molar refractivity (Wildman–Crippen MR) is 100 cm³/mol.